The molecule has 12 heavy (non-hydrogen) atoms. The molecule has 0 aromatic heterocycles. The minimum Gasteiger partial charge on any atom is -0.480 e. The number of likely N-dealkylation sites (tertiary alicyclic amines) is 1. The van der Waals surface area contributed by atoms with E-state index in [0.29, 0.717) is 6.54 Å². The Morgan fingerprint density at radius 1 is 1.58 bits per heavy atom. The van der Waals surface area contributed by atoms with Crippen LogP contribution in [0.15, 0.2) is 0 Å². The summed E-state index contributed by atoms with van der Waals surface area (Å²) in [7, 11) is 1.78. The van der Waals surface area contributed by atoms with Crippen LogP contribution in [0.5, 0.6) is 0 Å². The summed E-state index contributed by atoms with van der Waals surface area (Å²) in [5.74, 6) is -0.716. The zero-order valence-electron chi connectivity index (χ0n) is 7.42. The lowest BCUT2D eigenvalue weighted by Gasteiger charge is -2.22. The largest absolute Gasteiger partial charge is 0.480 e. The molecule has 70 valence electrons. The summed E-state index contributed by atoms with van der Waals surface area (Å²) in [6.45, 7) is 2.40. The van der Waals surface area contributed by atoms with E-state index in [9.17, 15) is 4.79 Å². The Morgan fingerprint density at radius 2 is 2.17 bits per heavy atom. The van der Waals surface area contributed by atoms with Crippen LogP contribution in [0.2, 0.25) is 0 Å². The second-order valence-corrected chi connectivity index (χ2v) is 3.15. The summed E-state index contributed by atoms with van der Waals surface area (Å²) in [5.41, 5.74) is 0. The monoisotopic (exact) mass is 172 g/mol. The topological polar surface area (TPSA) is 52.6 Å². The van der Waals surface area contributed by atoms with Gasteiger partial charge in [0.2, 0.25) is 0 Å². The molecule has 1 saturated heterocycles. The van der Waals surface area contributed by atoms with E-state index in [2.05, 4.69) is 5.32 Å². The molecule has 4 heteroatoms. The summed E-state index contributed by atoms with van der Waals surface area (Å²) in [5, 5.41) is 11.8. The molecular weight excluding hydrogens is 156 g/mol. The van der Waals surface area contributed by atoms with Crippen molar-refractivity contribution in [3.05, 3.63) is 0 Å². The first-order valence-electron chi connectivity index (χ1n) is 4.37. The molecule has 0 spiro atoms. The van der Waals surface area contributed by atoms with Crippen molar-refractivity contribution in [1.82, 2.24) is 10.2 Å². The van der Waals surface area contributed by atoms with Crippen molar-refractivity contribution in [2.24, 2.45) is 0 Å². The summed E-state index contributed by atoms with van der Waals surface area (Å²) in [6.07, 6.45) is 2.26. The first-order valence-corrected chi connectivity index (χ1v) is 4.37. The molecule has 1 rings (SSSR count). The number of nitrogens with zero attached hydrogens (tertiary/aromatic N) is 1. The number of aliphatic carboxylic acids is 1. The second kappa shape index (κ2) is 4.42. The lowest BCUT2D eigenvalue weighted by molar-refractivity contribution is -0.142. The van der Waals surface area contributed by atoms with Gasteiger partial charge in [-0.05, 0) is 33.0 Å². The fourth-order valence-electron chi connectivity index (χ4n) is 1.62. The highest BCUT2D eigenvalue weighted by atomic mass is 16.4. The first kappa shape index (κ1) is 9.48. The van der Waals surface area contributed by atoms with Gasteiger partial charge in [-0.1, -0.05) is 0 Å². The number of nitrogens with one attached hydrogen (secondary N) is 1. The number of carboxylic acids is 1. The van der Waals surface area contributed by atoms with Crippen molar-refractivity contribution < 1.29 is 9.90 Å². The molecule has 1 heterocycles. The van der Waals surface area contributed by atoms with Crippen molar-refractivity contribution in [3.63, 3.8) is 0 Å². The van der Waals surface area contributed by atoms with Gasteiger partial charge >= 0.3 is 5.97 Å². The van der Waals surface area contributed by atoms with Crippen LogP contribution in [0.25, 0.3) is 0 Å². The molecule has 1 fully saturated rings. The molecule has 0 aromatic rings. The average Bonchev–Trinajstić information content (AvgIpc) is 2.51. The Morgan fingerprint density at radius 3 is 2.58 bits per heavy atom. The maximum absolute atomic E-state index is 10.8. The molecule has 0 amide bonds. The van der Waals surface area contributed by atoms with Gasteiger partial charge in [0.15, 0.2) is 0 Å². The highest BCUT2D eigenvalue weighted by molar-refractivity contribution is 5.73. The Hall–Kier alpha value is -0.610. The molecule has 1 aliphatic rings. The Balaban J connectivity index is 2.45. The van der Waals surface area contributed by atoms with Crippen molar-refractivity contribution in [2.75, 3.05) is 26.7 Å². The zero-order valence-corrected chi connectivity index (χ0v) is 7.42. The smallest absolute Gasteiger partial charge is 0.322 e. The third-order valence-electron chi connectivity index (χ3n) is 2.26. The molecule has 1 atom stereocenters. The van der Waals surface area contributed by atoms with E-state index in [-0.39, 0.29) is 6.04 Å². The third-order valence-corrected chi connectivity index (χ3v) is 2.26. The van der Waals surface area contributed by atoms with E-state index >= 15 is 0 Å². The Kier molecular flexibility index (Phi) is 3.49. The molecule has 0 radical (unpaired) electrons. The minimum absolute atomic E-state index is 0.336. The predicted molar refractivity (Wildman–Crippen MR) is 46.2 cm³/mol. The van der Waals surface area contributed by atoms with Crippen LogP contribution in [0.1, 0.15) is 12.8 Å². The van der Waals surface area contributed by atoms with E-state index in [4.69, 9.17) is 5.11 Å². The molecule has 0 saturated carbocycles. The van der Waals surface area contributed by atoms with Crippen LogP contribution in [0.4, 0.5) is 0 Å². The molecule has 0 aromatic carbocycles. The van der Waals surface area contributed by atoms with E-state index in [1.807, 2.05) is 4.90 Å². The van der Waals surface area contributed by atoms with E-state index in [0.717, 1.165) is 25.9 Å². The molecule has 1 aliphatic heterocycles. The van der Waals surface area contributed by atoms with Crippen LogP contribution >= 0.6 is 0 Å². The van der Waals surface area contributed by atoms with Gasteiger partial charge < -0.3 is 10.4 Å². The van der Waals surface area contributed by atoms with E-state index in [1.165, 1.54) is 0 Å². The second-order valence-electron chi connectivity index (χ2n) is 3.15. The van der Waals surface area contributed by atoms with Gasteiger partial charge in [0, 0.05) is 6.54 Å². The van der Waals surface area contributed by atoms with Crippen molar-refractivity contribution >= 4 is 5.97 Å². The third kappa shape index (κ3) is 2.19. The van der Waals surface area contributed by atoms with Gasteiger partial charge in [-0.25, -0.2) is 0 Å². The summed E-state index contributed by atoms with van der Waals surface area (Å²) in [6, 6.07) is -0.336. The number of rotatable bonds is 4. The normalized spacial score (nSPS) is 21.1. The lowest BCUT2D eigenvalue weighted by atomic mass is 10.2. The van der Waals surface area contributed by atoms with Crippen LogP contribution in [-0.4, -0.2) is 48.7 Å². The number of carboxylic acid groups (broad SMARTS) is 1. The van der Waals surface area contributed by atoms with Crippen LogP contribution in [-0.2, 0) is 4.79 Å². The van der Waals surface area contributed by atoms with Crippen LogP contribution in [0.3, 0.4) is 0 Å². The van der Waals surface area contributed by atoms with Gasteiger partial charge in [0.25, 0.3) is 0 Å². The highest BCUT2D eigenvalue weighted by Crippen LogP contribution is 2.11. The van der Waals surface area contributed by atoms with Crippen LogP contribution < -0.4 is 5.32 Å². The summed E-state index contributed by atoms with van der Waals surface area (Å²) < 4.78 is 0. The Labute approximate surface area is 72.6 Å². The van der Waals surface area contributed by atoms with Gasteiger partial charge in [-0.2, -0.15) is 0 Å². The predicted octanol–water partition coefficient (Wildman–Crippen LogP) is -0.245. The van der Waals surface area contributed by atoms with Gasteiger partial charge in [0.1, 0.15) is 6.04 Å². The SMILES string of the molecule is CNCC(C(=O)O)N1CCCC1. The first-order chi connectivity index (χ1) is 5.75. The molecule has 0 bridgehead atoms. The zero-order chi connectivity index (χ0) is 8.97. The lowest BCUT2D eigenvalue weighted by Crippen LogP contribution is -2.45. The summed E-state index contributed by atoms with van der Waals surface area (Å²) >= 11 is 0. The van der Waals surface area contributed by atoms with Gasteiger partial charge in [-0.3, -0.25) is 9.69 Å². The van der Waals surface area contributed by atoms with Crippen molar-refractivity contribution in [3.8, 4) is 0 Å². The molecule has 4 nitrogen and oxygen atoms in total. The fourth-order valence-corrected chi connectivity index (χ4v) is 1.62. The minimum atomic E-state index is -0.716. The number of likely N-dealkylation sites (N-methyl/N-ethyl adjacent to an activating group) is 1. The van der Waals surface area contributed by atoms with Crippen LogP contribution in [0, 0.1) is 0 Å². The molecule has 1 unspecified atom stereocenters. The van der Waals surface area contributed by atoms with Gasteiger partial charge in [-0.15, -0.1) is 0 Å². The average molecular weight is 172 g/mol. The number of hydrogen-bond donors (Lipinski definition) is 2. The maximum Gasteiger partial charge on any atom is 0.322 e. The fraction of sp³-hybridized carbons (Fsp3) is 0.875. The molecular formula is C8H16N2O2. The van der Waals surface area contributed by atoms with E-state index < -0.39 is 5.97 Å². The standard InChI is InChI=1S/C8H16N2O2/c1-9-6-7(8(11)12)10-4-2-3-5-10/h7,9H,2-6H2,1H3,(H,11,12). The molecule has 2 N–H and O–H groups in total. The van der Waals surface area contributed by atoms with Crippen molar-refractivity contribution in [2.45, 2.75) is 18.9 Å². The Bertz CT molecular complexity index is 155. The number of hydrogen-bond acceptors (Lipinski definition) is 3. The van der Waals surface area contributed by atoms with E-state index in [1.54, 1.807) is 7.05 Å². The maximum atomic E-state index is 10.8. The number of carbonyl (C=O) groups is 1. The highest BCUT2D eigenvalue weighted by Gasteiger charge is 2.26. The quantitative estimate of drug-likeness (QED) is 0.614. The van der Waals surface area contributed by atoms with Crippen molar-refractivity contribution in [1.29, 1.82) is 0 Å². The van der Waals surface area contributed by atoms with Gasteiger partial charge in [0.05, 0.1) is 0 Å². The molecule has 0 aliphatic carbocycles. The summed E-state index contributed by atoms with van der Waals surface area (Å²) in [4.78, 5) is 12.8.